The normalized spacial score (nSPS) is 9.93. The van der Waals surface area contributed by atoms with Gasteiger partial charge in [-0.1, -0.05) is 0 Å². The molecular weight excluding hydrogens is 204 g/mol. The molecule has 0 fully saturated rings. The van der Waals surface area contributed by atoms with Crippen molar-refractivity contribution in [2.75, 3.05) is 6.61 Å². The standard InChI is InChI=1S/C8H10N2O5/c1-2-15-7(12)4-10-6(11)3-5(9-10)8(13)14/h3,9H,2,4H2,1H3,(H,13,14). The Morgan fingerprint density at radius 1 is 1.60 bits per heavy atom. The molecule has 7 heteroatoms. The molecule has 0 spiro atoms. The minimum absolute atomic E-state index is 0.208. The van der Waals surface area contributed by atoms with E-state index in [1.807, 2.05) is 0 Å². The van der Waals surface area contributed by atoms with E-state index >= 15 is 0 Å². The molecule has 0 aliphatic heterocycles. The first-order valence-electron chi connectivity index (χ1n) is 4.23. The first-order valence-corrected chi connectivity index (χ1v) is 4.23. The summed E-state index contributed by atoms with van der Waals surface area (Å²) < 4.78 is 5.48. The fraction of sp³-hybridized carbons (Fsp3) is 0.375. The number of aromatic carboxylic acids is 1. The van der Waals surface area contributed by atoms with Gasteiger partial charge in [0.1, 0.15) is 12.2 Å². The van der Waals surface area contributed by atoms with E-state index in [-0.39, 0.29) is 18.8 Å². The molecule has 0 saturated heterocycles. The lowest BCUT2D eigenvalue weighted by Gasteiger charge is -2.01. The molecule has 1 heterocycles. The molecule has 0 aliphatic rings. The van der Waals surface area contributed by atoms with Gasteiger partial charge in [-0.3, -0.25) is 14.7 Å². The van der Waals surface area contributed by atoms with E-state index in [0.717, 1.165) is 10.7 Å². The number of esters is 1. The van der Waals surface area contributed by atoms with Crippen LogP contribution in [0.15, 0.2) is 10.9 Å². The lowest BCUT2D eigenvalue weighted by Crippen LogP contribution is -2.23. The zero-order valence-electron chi connectivity index (χ0n) is 8.02. The third-order valence-corrected chi connectivity index (χ3v) is 1.61. The summed E-state index contributed by atoms with van der Waals surface area (Å²) in [5.74, 6) is -1.85. The van der Waals surface area contributed by atoms with Gasteiger partial charge in [0.2, 0.25) is 0 Å². The smallest absolute Gasteiger partial charge is 0.353 e. The summed E-state index contributed by atoms with van der Waals surface area (Å²) in [6.45, 7) is 1.53. The van der Waals surface area contributed by atoms with Crippen LogP contribution in [0.4, 0.5) is 0 Å². The van der Waals surface area contributed by atoms with E-state index in [4.69, 9.17) is 5.11 Å². The van der Waals surface area contributed by atoms with Gasteiger partial charge in [0, 0.05) is 6.07 Å². The van der Waals surface area contributed by atoms with E-state index < -0.39 is 17.5 Å². The van der Waals surface area contributed by atoms with Crippen LogP contribution in [-0.2, 0) is 16.1 Å². The predicted octanol–water partition coefficient (Wildman–Crippen LogP) is -0.562. The molecule has 1 aromatic heterocycles. The molecule has 1 aromatic rings. The third-order valence-electron chi connectivity index (χ3n) is 1.61. The molecule has 82 valence electrons. The summed E-state index contributed by atoms with van der Waals surface area (Å²) in [7, 11) is 0. The Morgan fingerprint density at radius 3 is 2.73 bits per heavy atom. The van der Waals surface area contributed by atoms with Gasteiger partial charge in [-0.05, 0) is 6.92 Å². The zero-order chi connectivity index (χ0) is 11.4. The van der Waals surface area contributed by atoms with Crippen molar-refractivity contribution < 1.29 is 19.4 Å². The molecule has 1 rings (SSSR count). The van der Waals surface area contributed by atoms with Gasteiger partial charge < -0.3 is 9.84 Å². The zero-order valence-corrected chi connectivity index (χ0v) is 8.02. The second kappa shape index (κ2) is 4.45. The first kappa shape index (κ1) is 11.0. The van der Waals surface area contributed by atoms with Crippen molar-refractivity contribution in [1.29, 1.82) is 0 Å². The Kier molecular flexibility index (Phi) is 3.27. The van der Waals surface area contributed by atoms with Crippen LogP contribution in [0.2, 0.25) is 0 Å². The van der Waals surface area contributed by atoms with Crippen LogP contribution in [0.1, 0.15) is 17.4 Å². The molecule has 0 aromatic carbocycles. The molecule has 0 atom stereocenters. The summed E-state index contributed by atoms with van der Waals surface area (Å²) in [5.41, 5.74) is -0.843. The van der Waals surface area contributed by atoms with Gasteiger partial charge in [-0.2, -0.15) is 0 Å². The number of aromatic amines is 1. The number of carbonyl (C=O) groups excluding carboxylic acids is 1. The summed E-state index contributed by atoms with van der Waals surface area (Å²) in [4.78, 5) is 32.6. The number of aromatic nitrogens is 2. The number of ether oxygens (including phenoxy) is 1. The van der Waals surface area contributed by atoms with Crippen LogP contribution in [-0.4, -0.2) is 33.4 Å². The molecule has 0 amide bonds. The van der Waals surface area contributed by atoms with Crippen molar-refractivity contribution in [1.82, 2.24) is 9.78 Å². The van der Waals surface area contributed by atoms with Crippen LogP contribution in [0, 0.1) is 0 Å². The van der Waals surface area contributed by atoms with E-state index in [0.29, 0.717) is 0 Å². The van der Waals surface area contributed by atoms with Gasteiger partial charge in [-0.15, -0.1) is 0 Å². The molecule has 0 unspecified atom stereocenters. The lowest BCUT2D eigenvalue weighted by atomic mass is 10.4. The highest BCUT2D eigenvalue weighted by Crippen LogP contribution is 1.90. The molecular formula is C8H10N2O5. The number of nitrogens with zero attached hydrogens (tertiary/aromatic N) is 1. The molecule has 0 bridgehead atoms. The van der Waals surface area contributed by atoms with Gasteiger partial charge in [0.25, 0.3) is 5.56 Å². The van der Waals surface area contributed by atoms with Crippen LogP contribution in [0.5, 0.6) is 0 Å². The Hall–Kier alpha value is -2.05. The van der Waals surface area contributed by atoms with Gasteiger partial charge in [0.05, 0.1) is 6.61 Å². The summed E-state index contributed by atoms with van der Waals surface area (Å²) in [5, 5.41) is 10.8. The van der Waals surface area contributed by atoms with Gasteiger partial charge >= 0.3 is 11.9 Å². The number of rotatable bonds is 4. The number of carboxylic acids is 1. The second-order valence-corrected chi connectivity index (χ2v) is 2.70. The number of carbonyl (C=O) groups is 2. The topological polar surface area (TPSA) is 101 Å². The van der Waals surface area contributed by atoms with Gasteiger partial charge in [0.15, 0.2) is 0 Å². The third kappa shape index (κ3) is 2.70. The van der Waals surface area contributed by atoms with Crippen molar-refractivity contribution in [3.8, 4) is 0 Å². The Balaban J connectivity index is 2.82. The molecule has 7 nitrogen and oxygen atoms in total. The van der Waals surface area contributed by atoms with Crippen LogP contribution in [0.3, 0.4) is 0 Å². The number of hydrogen-bond acceptors (Lipinski definition) is 4. The average molecular weight is 214 g/mol. The van der Waals surface area contributed by atoms with E-state index in [9.17, 15) is 14.4 Å². The maximum atomic E-state index is 11.1. The van der Waals surface area contributed by atoms with Gasteiger partial charge in [-0.25, -0.2) is 9.48 Å². The monoisotopic (exact) mass is 214 g/mol. The Morgan fingerprint density at radius 2 is 2.27 bits per heavy atom. The highest BCUT2D eigenvalue weighted by molar-refractivity contribution is 5.85. The van der Waals surface area contributed by atoms with Crippen molar-refractivity contribution in [2.45, 2.75) is 13.5 Å². The van der Waals surface area contributed by atoms with Crippen LogP contribution < -0.4 is 5.56 Å². The van der Waals surface area contributed by atoms with Crippen molar-refractivity contribution in [3.63, 3.8) is 0 Å². The molecule has 0 radical (unpaired) electrons. The lowest BCUT2D eigenvalue weighted by molar-refractivity contribution is -0.144. The first-order chi connectivity index (χ1) is 7.04. The second-order valence-electron chi connectivity index (χ2n) is 2.70. The van der Waals surface area contributed by atoms with Crippen molar-refractivity contribution in [3.05, 3.63) is 22.1 Å². The number of hydrogen-bond donors (Lipinski definition) is 2. The van der Waals surface area contributed by atoms with Crippen LogP contribution >= 0.6 is 0 Å². The minimum Gasteiger partial charge on any atom is -0.477 e. The Labute approximate surface area is 84.3 Å². The summed E-state index contributed by atoms with van der Waals surface area (Å²) >= 11 is 0. The van der Waals surface area contributed by atoms with Crippen LogP contribution in [0.25, 0.3) is 0 Å². The molecule has 0 saturated carbocycles. The van der Waals surface area contributed by atoms with Crippen molar-refractivity contribution in [2.24, 2.45) is 0 Å². The average Bonchev–Trinajstić information content (AvgIpc) is 2.48. The van der Waals surface area contributed by atoms with E-state index in [1.165, 1.54) is 0 Å². The maximum absolute atomic E-state index is 11.1. The quantitative estimate of drug-likeness (QED) is 0.654. The van der Waals surface area contributed by atoms with Crippen molar-refractivity contribution >= 4 is 11.9 Å². The maximum Gasteiger partial charge on any atom is 0.353 e. The minimum atomic E-state index is -1.25. The molecule has 2 N–H and O–H groups in total. The SMILES string of the molecule is CCOC(=O)Cn1[nH]c(C(=O)O)cc1=O. The molecule has 0 aliphatic carbocycles. The number of carboxylic acid groups (broad SMARTS) is 1. The fourth-order valence-electron chi connectivity index (χ4n) is 0.997. The summed E-state index contributed by atoms with van der Waals surface area (Å²) in [6.07, 6.45) is 0. The number of H-pyrrole nitrogens is 1. The predicted molar refractivity (Wildman–Crippen MR) is 48.6 cm³/mol. The molecule has 15 heavy (non-hydrogen) atoms. The number of nitrogens with one attached hydrogen (secondary N) is 1. The summed E-state index contributed by atoms with van der Waals surface area (Å²) in [6, 6.07) is 0.904. The van der Waals surface area contributed by atoms with E-state index in [1.54, 1.807) is 6.92 Å². The fourth-order valence-corrected chi connectivity index (χ4v) is 0.997. The largest absolute Gasteiger partial charge is 0.477 e. The highest BCUT2D eigenvalue weighted by Gasteiger charge is 2.11. The Bertz CT molecular complexity index is 430. The highest BCUT2D eigenvalue weighted by atomic mass is 16.5. The van der Waals surface area contributed by atoms with E-state index in [2.05, 4.69) is 9.84 Å².